The minimum Gasteiger partial charge on any atom is -0.478 e. The quantitative estimate of drug-likeness (QED) is 0.317. The zero-order valence-electron chi connectivity index (χ0n) is 6.83. The largest absolute Gasteiger partial charge is 0.478 e. The van der Waals surface area contributed by atoms with Crippen molar-refractivity contribution in [3.8, 4) is 0 Å². The molecule has 0 aromatic carbocycles. The molecule has 0 aromatic heterocycles. The van der Waals surface area contributed by atoms with E-state index in [4.69, 9.17) is 5.11 Å². The average molecular weight is 187 g/mol. The van der Waals surface area contributed by atoms with Gasteiger partial charge in [-0.05, 0) is 6.92 Å². The van der Waals surface area contributed by atoms with E-state index >= 15 is 0 Å². The number of rotatable bonds is 2. The fourth-order valence-electron chi connectivity index (χ4n) is 0.418. The third-order valence-electron chi connectivity index (χ3n) is 0.994. The number of carbonyl (C=O) groups is 3. The lowest BCUT2D eigenvalue weighted by Crippen LogP contribution is -2.43. The molecule has 0 radical (unpaired) electrons. The first-order valence-electron chi connectivity index (χ1n) is 3.20. The van der Waals surface area contributed by atoms with Crippen molar-refractivity contribution in [3.63, 3.8) is 0 Å². The smallest absolute Gasteiger partial charge is 0.331 e. The lowest BCUT2D eigenvalue weighted by atomic mass is 10.3. The van der Waals surface area contributed by atoms with Crippen molar-refractivity contribution in [3.05, 3.63) is 11.6 Å². The minimum atomic E-state index is -1.21. The molecule has 0 bridgehead atoms. The second-order valence-corrected chi connectivity index (χ2v) is 2.11. The molecular formula is C6H9N3O4. The number of carboxylic acid groups (broad SMARTS) is 1. The van der Waals surface area contributed by atoms with Crippen molar-refractivity contribution in [1.82, 2.24) is 10.9 Å². The number of primary amides is 1. The molecule has 13 heavy (non-hydrogen) atoms. The Labute approximate surface area is 73.6 Å². The van der Waals surface area contributed by atoms with Crippen LogP contribution in [0.4, 0.5) is 4.79 Å². The number of hydrazine groups is 1. The van der Waals surface area contributed by atoms with Gasteiger partial charge in [-0.1, -0.05) is 0 Å². The van der Waals surface area contributed by atoms with Gasteiger partial charge in [0.2, 0.25) is 0 Å². The van der Waals surface area contributed by atoms with Crippen LogP contribution in [0.3, 0.4) is 0 Å². The maximum Gasteiger partial charge on any atom is 0.331 e. The molecule has 7 nitrogen and oxygen atoms in total. The van der Waals surface area contributed by atoms with Gasteiger partial charge in [-0.3, -0.25) is 10.2 Å². The van der Waals surface area contributed by atoms with Crippen molar-refractivity contribution in [1.29, 1.82) is 0 Å². The van der Waals surface area contributed by atoms with Crippen LogP contribution in [0.2, 0.25) is 0 Å². The van der Waals surface area contributed by atoms with Gasteiger partial charge in [0.05, 0.1) is 0 Å². The van der Waals surface area contributed by atoms with Gasteiger partial charge in [-0.15, -0.1) is 0 Å². The molecule has 0 rings (SSSR count). The van der Waals surface area contributed by atoms with E-state index in [1.807, 2.05) is 5.43 Å². The molecule has 0 spiro atoms. The van der Waals surface area contributed by atoms with Crippen molar-refractivity contribution in [2.75, 3.05) is 0 Å². The Morgan fingerprint density at radius 1 is 1.31 bits per heavy atom. The number of carbonyl (C=O) groups excluding carboxylic acids is 2. The highest BCUT2D eigenvalue weighted by Crippen LogP contribution is 1.89. The lowest BCUT2D eigenvalue weighted by molar-refractivity contribution is -0.133. The zero-order valence-corrected chi connectivity index (χ0v) is 6.83. The summed E-state index contributed by atoms with van der Waals surface area (Å²) in [6, 6.07) is -0.935. The third-order valence-corrected chi connectivity index (χ3v) is 0.994. The van der Waals surface area contributed by atoms with Crippen LogP contribution < -0.4 is 16.6 Å². The van der Waals surface area contributed by atoms with Crippen LogP contribution in [0.5, 0.6) is 0 Å². The van der Waals surface area contributed by atoms with E-state index < -0.39 is 17.9 Å². The second-order valence-electron chi connectivity index (χ2n) is 2.11. The molecule has 0 atom stereocenters. The predicted molar refractivity (Wildman–Crippen MR) is 42.3 cm³/mol. The number of hydrogen-bond acceptors (Lipinski definition) is 3. The summed E-state index contributed by atoms with van der Waals surface area (Å²) >= 11 is 0. The van der Waals surface area contributed by atoms with E-state index in [0.29, 0.717) is 0 Å². The average Bonchev–Trinajstić information content (AvgIpc) is 2.00. The molecule has 0 saturated carbocycles. The Bertz CT molecular complexity index is 271. The summed E-state index contributed by atoms with van der Waals surface area (Å²) in [7, 11) is 0. The molecule has 0 aromatic rings. The van der Waals surface area contributed by atoms with Crippen LogP contribution in [0.1, 0.15) is 6.92 Å². The number of amides is 3. The summed E-state index contributed by atoms with van der Waals surface area (Å²) in [5.41, 5.74) is 8.14. The van der Waals surface area contributed by atoms with E-state index in [2.05, 4.69) is 5.73 Å². The molecule has 0 aliphatic heterocycles. The fraction of sp³-hybridized carbons (Fsp3) is 0.167. The standard InChI is InChI=1S/C6H9N3O4/c1-3(5(11)12)2-4(10)8-9-6(7)13/h2H,1H3,(H,8,10)(H,11,12)(H3,7,9,13)/b3-2+. The lowest BCUT2D eigenvalue weighted by Gasteiger charge is -2.00. The van der Waals surface area contributed by atoms with E-state index in [-0.39, 0.29) is 5.57 Å². The van der Waals surface area contributed by atoms with Gasteiger partial charge in [0, 0.05) is 11.6 Å². The monoisotopic (exact) mass is 187 g/mol. The highest BCUT2D eigenvalue weighted by Gasteiger charge is 2.03. The number of hydrogen-bond donors (Lipinski definition) is 4. The van der Waals surface area contributed by atoms with Gasteiger partial charge in [0.15, 0.2) is 0 Å². The summed E-state index contributed by atoms with van der Waals surface area (Å²) in [6.45, 7) is 1.24. The highest BCUT2D eigenvalue weighted by atomic mass is 16.4. The van der Waals surface area contributed by atoms with Gasteiger partial charge in [0.1, 0.15) is 0 Å². The topological polar surface area (TPSA) is 122 Å². The Hall–Kier alpha value is -2.05. The van der Waals surface area contributed by atoms with Crippen molar-refractivity contribution in [2.24, 2.45) is 5.73 Å². The van der Waals surface area contributed by atoms with Crippen LogP contribution >= 0.6 is 0 Å². The second kappa shape index (κ2) is 4.75. The van der Waals surface area contributed by atoms with Gasteiger partial charge in [-0.25, -0.2) is 15.0 Å². The summed E-state index contributed by atoms with van der Waals surface area (Å²) in [5, 5.41) is 8.35. The number of nitrogens with one attached hydrogen (secondary N) is 2. The number of carboxylic acids is 1. The molecule has 0 aliphatic carbocycles. The van der Waals surface area contributed by atoms with Gasteiger partial charge in [0.25, 0.3) is 5.91 Å². The molecule has 3 amide bonds. The van der Waals surface area contributed by atoms with E-state index in [9.17, 15) is 14.4 Å². The van der Waals surface area contributed by atoms with Crippen LogP contribution in [-0.2, 0) is 9.59 Å². The first-order chi connectivity index (χ1) is 5.93. The SMILES string of the molecule is C/C(=C\C(=O)NNC(N)=O)C(=O)O. The van der Waals surface area contributed by atoms with Crippen LogP contribution in [0, 0.1) is 0 Å². The zero-order chi connectivity index (χ0) is 10.4. The van der Waals surface area contributed by atoms with Gasteiger partial charge in [-0.2, -0.15) is 0 Å². The molecule has 5 N–H and O–H groups in total. The first kappa shape index (κ1) is 11.0. The van der Waals surface area contributed by atoms with Crippen molar-refractivity contribution in [2.45, 2.75) is 6.92 Å². The summed E-state index contributed by atoms with van der Waals surface area (Å²) in [4.78, 5) is 31.0. The summed E-state index contributed by atoms with van der Waals surface area (Å²) < 4.78 is 0. The summed E-state index contributed by atoms with van der Waals surface area (Å²) in [6.07, 6.45) is 0.818. The number of urea groups is 1. The van der Waals surface area contributed by atoms with Crippen LogP contribution in [0.25, 0.3) is 0 Å². The van der Waals surface area contributed by atoms with E-state index in [1.165, 1.54) is 6.92 Å². The molecule has 7 heteroatoms. The van der Waals surface area contributed by atoms with Crippen molar-refractivity contribution < 1.29 is 19.5 Å². The molecule has 0 fully saturated rings. The predicted octanol–water partition coefficient (Wildman–Crippen LogP) is -1.28. The van der Waals surface area contributed by atoms with Gasteiger partial charge < -0.3 is 10.8 Å². The first-order valence-corrected chi connectivity index (χ1v) is 3.20. The Kier molecular flexibility index (Phi) is 4.00. The number of nitrogens with two attached hydrogens (primary N) is 1. The van der Waals surface area contributed by atoms with Crippen LogP contribution in [0.15, 0.2) is 11.6 Å². The fourth-order valence-corrected chi connectivity index (χ4v) is 0.418. The van der Waals surface area contributed by atoms with Crippen LogP contribution in [-0.4, -0.2) is 23.0 Å². The minimum absolute atomic E-state index is 0.149. The molecule has 72 valence electrons. The third kappa shape index (κ3) is 5.24. The maximum atomic E-state index is 10.7. The Morgan fingerprint density at radius 3 is 2.23 bits per heavy atom. The molecule has 0 heterocycles. The van der Waals surface area contributed by atoms with E-state index in [1.54, 1.807) is 5.43 Å². The molecular weight excluding hydrogens is 178 g/mol. The van der Waals surface area contributed by atoms with Crippen molar-refractivity contribution >= 4 is 17.9 Å². The maximum absolute atomic E-state index is 10.7. The number of aliphatic carboxylic acids is 1. The Morgan fingerprint density at radius 2 is 1.85 bits per heavy atom. The highest BCUT2D eigenvalue weighted by molar-refractivity contribution is 5.97. The summed E-state index contributed by atoms with van der Waals surface area (Å²) in [5.74, 6) is -1.98. The van der Waals surface area contributed by atoms with Gasteiger partial charge >= 0.3 is 12.0 Å². The molecule has 0 aliphatic rings. The molecule has 0 unspecified atom stereocenters. The van der Waals surface area contributed by atoms with E-state index in [0.717, 1.165) is 6.08 Å². The Balaban J connectivity index is 4.07. The normalized spacial score (nSPS) is 10.4. The molecule has 0 saturated heterocycles.